The van der Waals surface area contributed by atoms with Crippen LogP contribution in [0.15, 0.2) is 53.7 Å². The zero-order valence-corrected chi connectivity index (χ0v) is 26.8. The van der Waals surface area contributed by atoms with E-state index in [4.69, 9.17) is 19.0 Å². The number of alkyl halides is 3. The molecule has 15 heteroatoms. The molecule has 0 bridgehead atoms. The molecule has 1 aliphatic carbocycles. The van der Waals surface area contributed by atoms with Gasteiger partial charge >= 0.3 is 6.18 Å². The van der Waals surface area contributed by atoms with Gasteiger partial charge in [-0.15, -0.1) is 11.3 Å². The van der Waals surface area contributed by atoms with Crippen LogP contribution in [0.4, 0.5) is 28.9 Å². The van der Waals surface area contributed by atoms with Gasteiger partial charge in [0, 0.05) is 24.8 Å². The molecule has 2 amide bonds. The highest BCUT2D eigenvalue weighted by Crippen LogP contribution is 2.47. The van der Waals surface area contributed by atoms with Crippen LogP contribution in [0.3, 0.4) is 0 Å². The predicted molar refractivity (Wildman–Crippen MR) is 170 cm³/mol. The zero-order chi connectivity index (χ0) is 34.2. The van der Waals surface area contributed by atoms with Crippen LogP contribution in [0, 0.1) is 12.7 Å². The Kier molecular flexibility index (Phi) is 9.11. The van der Waals surface area contributed by atoms with Gasteiger partial charge in [-0.1, -0.05) is 5.16 Å². The number of oxime groups is 1. The van der Waals surface area contributed by atoms with Gasteiger partial charge in [-0.3, -0.25) is 9.59 Å². The minimum Gasteiger partial charge on any atom is -0.496 e. The van der Waals surface area contributed by atoms with Crippen molar-refractivity contribution in [2.75, 3.05) is 38.1 Å². The minimum atomic E-state index is -4.97. The van der Waals surface area contributed by atoms with Crippen molar-refractivity contribution in [2.45, 2.75) is 44.1 Å². The normalized spacial score (nSPS) is 16.7. The Bertz CT molecular complexity index is 1920. The predicted octanol–water partition coefficient (Wildman–Crippen LogP) is 6.96. The molecule has 3 aromatic carbocycles. The molecule has 48 heavy (non-hydrogen) atoms. The Morgan fingerprint density at radius 2 is 1.79 bits per heavy atom. The highest BCUT2D eigenvalue weighted by atomic mass is 32.1. The van der Waals surface area contributed by atoms with Crippen LogP contribution >= 0.6 is 11.3 Å². The lowest BCUT2D eigenvalue weighted by Gasteiger charge is -2.21. The number of aromatic nitrogens is 1. The van der Waals surface area contributed by atoms with Gasteiger partial charge in [-0.05, 0) is 68.3 Å². The van der Waals surface area contributed by atoms with Crippen LogP contribution in [-0.2, 0) is 20.5 Å². The molecule has 252 valence electrons. The number of rotatable bonds is 11. The molecule has 1 atom stereocenters. The number of amides is 2. The third kappa shape index (κ3) is 6.84. The van der Waals surface area contributed by atoms with E-state index in [2.05, 4.69) is 20.8 Å². The molecule has 4 aromatic rings. The number of fused-ring (bicyclic) bond motifs is 1. The van der Waals surface area contributed by atoms with E-state index in [1.807, 2.05) is 0 Å². The Morgan fingerprint density at radius 1 is 1.02 bits per heavy atom. The lowest BCUT2D eigenvalue weighted by molar-refractivity contribution is -0.139. The van der Waals surface area contributed by atoms with Gasteiger partial charge in [0.1, 0.15) is 17.2 Å². The van der Waals surface area contributed by atoms with E-state index in [9.17, 15) is 27.2 Å². The van der Waals surface area contributed by atoms with Gasteiger partial charge in [0.05, 0.1) is 63.6 Å². The summed E-state index contributed by atoms with van der Waals surface area (Å²) in [4.78, 5) is 37.5. The number of anilines is 2. The van der Waals surface area contributed by atoms with Crippen LogP contribution in [0.25, 0.3) is 10.2 Å². The summed E-state index contributed by atoms with van der Waals surface area (Å²) in [5.41, 5.74) is -0.364. The Balaban J connectivity index is 1.26. The lowest BCUT2D eigenvalue weighted by Crippen LogP contribution is -2.32. The monoisotopic (exact) mass is 686 g/mol. The first kappa shape index (κ1) is 33.3. The van der Waals surface area contributed by atoms with Crippen LogP contribution in [0.5, 0.6) is 5.75 Å². The van der Waals surface area contributed by atoms with Crippen LogP contribution in [0.1, 0.15) is 56.1 Å². The van der Waals surface area contributed by atoms with Crippen molar-refractivity contribution >= 4 is 50.5 Å². The van der Waals surface area contributed by atoms with Crippen LogP contribution in [-0.4, -0.2) is 61.6 Å². The molecule has 1 unspecified atom stereocenters. The van der Waals surface area contributed by atoms with Crippen LogP contribution < -0.4 is 15.4 Å². The number of benzene rings is 3. The molecule has 10 nitrogen and oxygen atoms in total. The molecule has 1 fully saturated rings. The summed E-state index contributed by atoms with van der Waals surface area (Å²) in [5, 5.41) is 10.1. The van der Waals surface area contributed by atoms with Crippen molar-refractivity contribution in [2.24, 2.45) is 5.16 Å². The van der Waals surface area contributed by atoms with Crippen LogP contribution in [0.2, 0.25) is 0 Å². The van der Waals surface area contributed by atoms with Gasteiger partial charge in [0.15, 0.2) is 6.10 Å². The highest BCUT2D eigenvalue weighted by Gasteiger charge is 2.54. The van der Waals surface area contributed by atoms with Crippen molar-refractivity contribution in [3.63, 3.8) is 0 Å². The first-order chi connectivity index (χ1) is 22.9. The largest absolute Gasteiger partial charge is 0.496 e. The van der Waals surface area contributed by atoms with E-state index in [1.165, 1.54) is 30.6 Å². The summed E-state index contributed by atoms with van der Waals surface area (Å²) in [7, 11) is 3.01. The lowest BCUT2D eigenvalue weighted by atomic mass is 9.98. The third-order valence-corrected chi connectivity index (χ3v) is 9.04. The fourth-order valence-electron chi connectivity index (χ4n) is 5.49. The molecular weight excluding hydrogens is 656 g/mol. The van der Waals surface area contributed by atoms with Crippen molar-refractivity contribution < 1.29 is 46.2 Å². The molecule has 6 rings (SSSR count). The first-order valence-electron chi connectivity index (χ1n) is 14.9. The number of nitrogens with zero attached hydrogens (tertiary/aromatic N) is 2. The number of nitrogens with one attached hydrogen (secondary N) is 2. The maximum Gasteiger partial charge on any atom is 0.419 e. The molecule has 2 aliphatic rings. The fraction of sp³-hybridized carbons (Fsp3) is 0.333. The molecule has 0 saturated heterocycles. The molecular formula is C33H30F4N4O6S. The molecule has 1 saturated carbocycles. The number of methoxy groups -OCH3 is 2. The summed E-state index contributed by atoms with van der Waals surface area (Å²) in [6.45, 7) is 2.67. The van der Waals surface area contributed by atoms with E-state index >= 15 is 0 Å². The summed E-state index contributed by atoms with van der Waals surface area (Å²) in [6.07, 6.45) is -3.12. The number of halogens is 4. The number of ether oxygens (including phenoxy) is 3. The number of hydrogen-bond acceptors (Lipinski definition) is 9. The molecule has 1 aliphatic heterocycles. The van der Waals surface area contributed by atoms with E-state index in [-0.39, 0.29) is 34.4 Å². The number of thiazole rings is 1. The van der Waals surface area contributed by atoms with Gasteiger partial charge in [-0.25, -0.2) is 9.37 Å². The number of aryl methyl sites for hydroxylation is 1. The average molecular weight is 687 g/mol. The maximum absolute atomic E-state index is 13.9. The number of carbonyl (C=O) groups excluding carboxylic acids is 2. The van der Waals surface area contributed by atoms with Crippen molar-refractivity contribution in [1.29, 1.82) is 0 Å². The number of hydrogen-bond donors (Lipinski definition) is 2. The Hall–Kier alpha value is -4.60. The van der Waals surface area contributed by atoms with E-state index in [0.717, 1.165) is 18.9 Å². The smallest absolute Gasteiger partial charge is 0.419 e. The minimum absolute atomic E-state index is 0.0476. The second kappa shape index (κ2) is 13.1. The zero-order valence-electron chi connectivity index (χ0n) is 26.0. The standard InChI is InChI=1S/C33H30F4N4O6S/c1-17-38-26-15-25(20(14-28(26)48-17)30(42)39-19-5-6-23(34)22(13-19)33(35,36)37)40-31(43)21-12-18(4-7-27(21)45-3)24-16-29(47-41-24)32(8-9-32)46-11-10-44-2/h4-7,12-15,29H,8-11,16H2,1-3H3,(H,39,42)(H,40,43). The van der Waals surface area contributed by atoms with Gasteiger partial charge in [-0.2, -0.15) is 13.2 Å². The summed E-state index contributed by atoms with van der Waals surface area (Å²) >= 11 is 1.29. The summed E-state index contributed by atoms with van der Waals surface area (Å²) < 4.78 is 71.0. The number of carbonyl (C=O) groups is 2. The Labute approximate surface area is 276 Å². The highest BCUT2D eigenvalue weighted by molar-refractivity contribution is 7.18. The second-order valence-corrected chi connectivity index (χ2v) is 12.6. The van der Waals surface area contributed by atoms with E-state index in [1.54, 1.807) is 32.2 Å². The van der Waals surface area contributed by atoms with Gasteiger partial charge in [0.25, 0.3) is 11.8 Å². The Morgan fingerprint density at radius 3 is 2.50 bits per heavy atom. The van der Waals surface area contributed by atoms with Crippen molar-refractivity contribution in [1.82, 2.24) is 4.98 Å². The van der Waals surface area contributed by atoms with E-state index in [0.29, 0.717) is 58.3 Å². The molecule has 2 N–H and O–H groups in total. The second-order valence-electron chi connectivity index (χ2n) is 11.4. The fourth-order valence-corrected chi connectivity index (χ4v) is 6.34. The summed E-state index contributed by atoms with van der Waals surface area (Å²) in [6, 6.07) is 10.1. The molecule has 1 aromatic heterocycles. The molecule has 0 spiro atoms. The first-order valence-corrected chi connectivity index (χ1v) is 15.7. The molecule has 0 radical (unpaired) electrons. The quantitative estimate of drug-likeness (QED) is 0.129. The van der Waals surface area contributed by atoms with Crippen molar-refractivity contribution in [3.8, 4) is 5.75 Å². The molecule has 2 heterocycles. The third-order valence-electron chi connectivity index (χ3n) is 8.11. The topological polar surface area (TPSA) is 120 Å². The maximum atomic E-state index is 13.9. The SMILES string of the molecule is COCCOC1(C2CC(c3ccc(OC)c(C(=O)Nc4cc5nc(C)sc5cc4C(=O)Nc4ccc(F)c(C(F)(F)F)c4)c3)=NO2)CC1. The average Bonchev–Trinajstić information content (AvgIpc) is 3.48. The van der Waals surface area contributed by atoms with Gasteiger partial charge < -0.3 is 29.7 Å². The summed E-state index contributed by atoms with van der Waals surface area (Å²) in [5.74, 6) is -2.69. The van der Waals surface area contributed by atoms with Gasteiger partial charge in [0.2, 0.25) is 0 Å². The van der Waals surface area contributed by atoms with E-state index < -0.39 is 35.0 Å². The van der Waals surface area contributed by atoms with Crippen molar-refractivity contribution in [3.05, 3.63) is 81.6 Å².